The van der Waals surface area contributed by atoms with Gasteiger partial charge >= 0.3 is 5.97 Å². The molecule has 1 aromatic rings. The Bertz CT molecular complexity index is 468. The van der Waals surface area contributed by atoms with Gasteiger partial charge in [-0.3, -0.25) is 4.79 Å². The van der Waals surface area contributed by atoms with Gasteiger partial charge in [0, 0.05) is 19.9 Å². The van der Waals surface area contributed by atoms with Crippen LogP contribution in [-0.2, 0) is 14.3 Å². The lowest BCUT2D eigenvalue weighted by molar-refractivity contribution is -0.141. The molecule has 0 fully saturated rings. The van der Waals surface area contributed by atoms with E-state index in [-0.39, 0.29) is 17.5 Å². The first-order valence-corrected chi connectivity index (χ1v) is 6.65. The van der Waals surface area contributed by atoms with Crippen LogP contribution in [0.5, 0.6) is 0 Å². The third-order valence-electron chi connectivity index (χ3n) is 2.54. The summed E-state index contributed by atoms with van der Waals surface area (Å²) in [5.41, 5.74) is 6.32. The summed E-state index contributed by atoms with van der Waals surface area (Å²) in [4.78, 5) is 17.9. The summed E-state index contributed by atoms with van der Waals surface area (Å²) in [6.45, 7) is 3.11. The number of carbonyl (C=O) groups excluding carboxylic acids is 1. The molecule has 20 heavy (non-hydrogen) atoms. The predicted molar refractivity (Wildman–Crippen MR) is 80.8 cm³/mol. The standard InChI is InChI=1S/C13H19N3O3S/c1-3-19-11(17)9-16(7-8-18-2)13-10(12(14)20)5-4-6-15-13/h4-6H,3,7-9H2,1-2H3,(H2,14,20). The molecule has 0 aliphatic rings. The SMILES string of the molecule is CCOC(=O)CN(CCOC)c1ncccc1C(N)=S. The van der Waals surface area contributed by atoms with Crippen molar-refractivity contribution in [2.45, 2.75) is 6.92 Å². The molecule has 0 aromatic carbocycles. The van der Waals surface area contributed by atoms with Gasteiger partial charge in [-0.15, -0.1) is 0 Å². The third kappa shape index (κ3) is 4.75. The van der Waals surface area contributed by atoms with E-state index in [0.29, 0.717) is 31.1 Å². The lowest BCUT2D eigenvalue weighted by Crippen LogP contribution is -2.35. The van der Waals surface area contributed by atoms with Crippen molar-refractivity contribution in [3.05, 3.63) is 23.9 Å². The number of hydrogen-bond donors (Lipinski definition) is 1. The maximum Gasteiger partial charge on any atom is 0.325 e. The second kappa shape index (κ2) is 8.44. The maximum atomic E-state index is 11.7. The molecular formula is C13H19N3O3S. The van der Waals surface area contributed by atoms with Gasteiger partial charge in [-0.1, -0.05) is 12.2 Å². The van der Waals surface area contributed by atoms with E-state index in [0.717, 1.165) is 0 Å². The van der Waals surface area contributed by atoms with Gasteiger partial charge in [-0.25, -0.2) is 4.98 Å². The van der Waals surface area contributed by atoms with E-state index >= 15 is 0 Å². The number of methoxy groups -OCH3 is 1. The fourth-order valence-electron chi connectivity index (χ4n) is 1.67. The fraction of sp³-hybridized carbons (Fsp3) is 0.462. The largest absolute Gasteiger partial charge is 0.465 e. The van der Waals surface area contributed by atoms with Gasteiger partial charge in [0.2, 0.25) is 0 Å². The van der Waals surface area contributed by atoms with Gasteiger partial charge in [0.25, 0.3) is 0 Å². The molecule has 2 N–H and O–H groups in total. The lowest BCUT2D eigenvalue weighted by atomic mass is 10.2. The first-order valence-electron chi connectivity index (χ1n) is 6.24. The van der Waals surface area contributed by atoms with Crippen LogP contribution in [-0.4, -0.2) is 49.4 Å². The molecule has 0 unspecified atom stereocenters. The normalized spacial score (nSPS) is 10.1. The van der Waals surface area contributed by atoms with Crippen LogP contribution in [0.4, 0.5) is 5.82 Å². The van der Waals surface area contributed by atoms with Crippen LogP contribution in [0.3, 0.4) is 0 Å². The number of hydrogen-bond acceptors (Lipinski definition) is 6. The Morgan fingerprint density at radius 1 is 1.55 bits per heavy atom. The van der Waals surface area contributed by atoms with Crippen molar-refractivity contribution in [1.82, 2.24) is 4.98 Å². The number of ether oxygens (including phenoxy) is 2. The highest BCUT2D eigenvalue weighted by molar-refractivity contribution is 7.80. The monoisotopic (exact) mass is 297 g/mol. The Balaban J connectivity index is 2.97. The molecule has 1 aromatic heterocycles. The Kier molecular flexibility index (Phi) is 6.89. The van der Waals surface area contributed by atoms with E-state index in [1.807, 2.05) is 0 Å². The van der Waals surface area contributed by atoms with Gasteiger partial charge in [-0.2, -0.15) is 0 Å². The van der Waals surface area contributed by atoms with Crippen molar-refractivity contribution in [3.63, 3.8) is 0 Å². The molecule has 110 valence electrons. The summed E-state index contributed by atoms with van der Waals surface area (Å²) < 4.78 is 10.0. The minimum absolute atomic E-state index is 0.0732. The van der Waals surface area contributed by atoms with Crippen molar-refractivity contribution in [2.75, 3.05) is 38.3 Å². The van der Waals surface area contributed by atoms with Crippen LogP contribution in [0, 0.1) is 0 Å². The summed E-state index contributed by atoms with van der Waals surface area (Å²) in [5.74, 6) is 0.230. The predicted octanol–water partition coefficient (Wildman–Crippen LogP) is 0.732. The van der Waals surface area contributed by atoms with Crippen LogP contribution in [0.1, 0.15) is 12.5 Å². The third-order valence-corrected chi connectivity index (χ3v) is 2.76. The molecule has 0 aliphatic carbocycles. The lowest BCUT2D eigenvalue weighted by Gasteiger charge is -2.24. The van der Waals surface area contributed by atoms with Crippen LogP contribution < -0.4 is 10.6 Å². The minimum atomic E-state index is -0.330. The van der Waals surface area contributed by atoms with Crippen molar-refractivity contribution >= 4 is 29.0 Å². The van der Waals surface area contributed by atoms with Gasteiger partial charge in [0.05, 0.1) is 18.8 Å². The number of nitrogens with two attached hydrogens (primary N) is 1. The molecule has 0 radical (unpaired) electrons. The molecule has 0 aliphatic heterocycles. The highest BCUT2D eigenvalue weighted by Crippen LogP contribution is 2.17. The van der Waals surface area contributed by atoms with E-state index < -0.39 is 0 Å². The smallest absolute Gasteiger partial charge is 0.325 e. The highest BCUT2D eigenvalue weighted by Gasteiger charge is 2.17. The Morgan fingerprint density at radius 2 is 2.30 bits per heavy atom. The van der Waals surface area contributed by atoms with E-state index in [9.17, 15) is 4.79 Å². The van der Waals surface area contributed by atoms with E-state index in [1.165, 1.54) is 0 Å². The van der Waals surface area contributed by atoms with Crippen LogP contribution in [0.25, 0.3) is 0 Å². The Hall–Kier alpha value is -1.73. The zero-order valence-corrected chi connectivity index (χ0v) is 12.5. The molecule has 0 spiro atoms. The average molecular weight is 297 g/mol. The maximum absolute atomic E-state index is 11.7. The molecule has 1 rings (SSSR count). The van der Waals surface area contributed by atoms with Crippen molar-refractivity contribution < 1.29 is 14.3 Å². The highest BCUT2D eigenvalue weighted by atomic mass is 32.1. The molecule has 0 saturated heterocycles. The first-order chi connectivity index (χ1) is 9.60. The zero-order chi connectivity index (χ0) is 15.0. The van der Waals surface area contributed by atoms with Crippen molar-refractivity contribution in [2.24, 2.45) is 5.73 Å². The van der Waals surface area contributed by atoms with Gasteiger partial charge in [0.1, 0.15) is 17.4 Å². The van der Waals surface area contributed by atoms with Crippen molar-refractivity contribution in [1.29, 1.82) is 0 Å². The molecule has 7 heteroatoms. The summed E-state index contributed by atoms with van der Waals surface area (Å²) in [6.07, 6.45) is 1.63. The zero-order valence-electron chi connectivity index (χ0n) is 11.7. The quantitative estimate of drug-likeness (QED) is 0.560. The van der Waals surface area contributed by atoms with E-state index in [2.05, 4.69) is 4.98 Å². The molecule has 0 bridgehead atoms. The van der Waals surface area contributed by atoms with Gasteiger partial charge < -0.3 is 20.1 Å². The number of esters is 1. The summed E-state index contributed by atoms with van der Waals surface area (Å²) in [6, 6.07) is 3.52. The Morgan fingerprint density at radius 3 is 2.90 bits per heavy atom. The first kappa shape index (κ1) is 16.3. The molecular weight excluding hydrogens is 278 g/mol. The summed E-state index contributed by atoms with van der Waals surface area (Å²) in [5, 5.41) is 0. The molecule has 6 nitrogen and oxygen atoms in total. The number of thiocarbonyl (C=S) groups is 1. The Labute approximate surface area is 123 Å². The van der Waals surface area contributed by atoms with E-state index in [1.54, 1.807) is 37.3 Å². The molecule has 0 amide bonds. The molecule has 0 saturated carbocycles. The summed E-state index contributed by atoms with van der Waals surface area (Å²) >= 11 is 5.01. The van der Waals surface area contributed by atoms with Crippen LogP contribution >= 0.6 is 12.2 Å². The van der Waals surface area contributed by atoms with Gasteiger partial charge in [0.15, 0.2) is 0 Å². The van der Waals surface area contributed by atoms with E-state index in [4.69, 9.17) is 27.4 Å². The second-order valence-electron chi connectivity index (χ2n) is 3.96. The fourth-order valence-corrected chi connectivity index (χ4v) is 1.82. The van der Waals surface area contributed by atoms with Crippen molar-refractivity contribution in [3.8, 4) is 0 Å². The number of rotatable bonds is 8. The van der Waals surface area contributed by atoms with Crippen LogP contribution in [0.15, 0.2) is 18.3 Å². The molecule has 0 atom stereocenters. The number of carbonyl (C=O) groups is 1. The number of pyridine rings is 1. The number of anilines is 1. The molecule has 1 heterocycles. The van der Waals surface area contributed by atoms with Gasteiger partial charge in [-0.05, 0) is 19.1 Å². The topological polar surface area (TPSA) is 77.7 Å². The number of nitrogens with zero attached hydrogens (tertiary/aromatic N) is 2. The number of aromatic nitrogens is 1. The minimum Gasteiger partial charge on any atom is -0.465 e. The average Bonchev–Trinajstić information content (AvgIpc) is 2.43. The summed E-state index contributed by atoms with van der Waals surface area (Å²) in [7, 11) is 1.59. The second-order valence-corrected chi connectivity index (χ2v) is 4.40. The van der Waals surface area contributed by atoms with Crippen LogP contribution in [0.2, 0.25) is 0 Å².